The first-order chi connectivity index (χ1) is 12.2. The molecule has 0 fully saturated rings. The number of hydrogen-bond donors (Lipinski definition) is 1. The number of carbonyl (C=O) groups is 1. The summed E-state index contributed by atoms with van der Waals surface area (Å²) in [5, 5.41) is 0. The van der Waals surface area contributed by atoms with Gasteiger partial charge < -0.3 is 9.64 Å². The lowest BCUT2D eigenvalue weighted by molar-refractivity contribution is -0.117. The quantitative estimate of drug-likeness (QED) is 0.895. The Kier molecular flexibility index (Phi) is 4.66. The van der Waals surface area contributed by atoms with Crippen molar-refractivity contribution in [1.82, 2.24) is 0 Å². The maximum absolute atomic E-state index is 12.8. The number of sulfonamides is 1. The van der Waals surface area contributed by atoms with Gasteiger partial charge in [-0.15, -0.1) is 0 Å². The van der Waals surface area contributed by atoms with E-state index in [9.17, 15) is 13.2 Å². The van der Waals surface area contributed by atoms with Crippen LogP contribution in [-0.4, -0.2) is 27.0 Å². The molecule has 0 radical (unpaired) electrons. The van der Waals surface area contributed by atoms with Gasteiger partial charge in [0.05, 0.1) is 22.8 Å². The van der Waals surface area contributed by atoms with Crippen LogP contribution in [0.3, 0.4) is 0 Å². The van der Waals surface area contributed by atoms with Crippen molar-refractivity contribution >= 4 is 27.3 Å². The second-order valence-corrected chi connectivity index (χ2v) is 8.29. The van der Waals surface area contributed by atoms with E-state index in [1.165, 1.54) is 19.1 Å². The number of hydrogen-bond acceptors (Lipinski definition) is 4. The van der Waals surface area contributed by atoms with Crippen LogP contribution < -0.4 is 14.4 Å². The van der Waals surface area contributed by atoms with Gasteiger partial charge >= 0.3 is 0 Å². The van der Waals surface area contributed by atoms with Crippen molar-refractivity contribution in [1.29, 1.82) is 0 Å². The Bertz CT molecular complexity index is 969. The van der Waals surface area contributed by atoms with E-state index >= 15 is 0 Å². The number of fused-ring (bicyclic) bond motifs is 1. The molecule has 1 heterocycles. The highest BCUT2D eigenvalue weighted by Crippen LogP contribution is 2.36. The molecule has 1 N–H and O–H groups in total. The number of aryl methyl sites for hydroxylation is 2. The van der Waals surface area contributed by atoms with Crippen LogP contribution >= 0.6 is 0 Å². The Hall–Kier alpha value is -2.54. The molecule has 1 amide bonds. The number of rotatable bonds is 3. The number of benzene rings is 2. The van der Waals surface area contributed by atoms with Crippen LogP contribution in [0.25, 0.3) is 0 Å². The van der Waals surface area contributed by atoms with E-state index in [0.29, 0.717) is 23.7 Å². The van der Waals surface area contributed by atoms with Crippen LogP contribution in [0, 0.1) is 13.8 Å². The zero-order valence-corrected chi connectivity index (χ0v) is 16.1. The Balaban J connectivity index is 2.00. The van der Waals surface area contributed by atoms with Gasteiger partial charge in [-0.1, -0.05) is 12.1 Å². The summed E-state index contributed by atoms with van der Waals surface area (Å²) < 4.78 is 34.0. The molecule has 2 aromatic carbocycles. The summed E-state index contributed by atoms with van der Waals surface area (Å²) in [7, 11) is -3.79. The third-order valence-electron chi connectivity index (χ3n) is 4.32. The summed E-state index contributed by atoms with van der Waals surface area (Å²) in [5.74, 6) is 0.350. The number of nitrogens with zero attached hydrogens (tertiary/aromatic N) is 1. The summed E-state index contributed by atoms with van der Waals surface area (Å²) in [5.41, 5.74) is 2.80. The van der Waals surface area contributed by atoms with Gasteiger partial charge in [0.1, 0.15) is 11.9 Å². The van der Waals surface area contributed by atoms with Crippen molar-refractivity contribution in [3.8, 4) is 5.75 Å². The minimum Gasteiger partial charge on any atom is -0.487 e. The average molecular weight is 374 g/mol. The smallest absolute Gasteiger partial charge is 0.261 e. The maximum Gasteiger partial charge on any atom is 0.261 e. The van der Waals surface area contributed by atoms with Crippen molar-refractivity contribution in [3.63, 3.8) is 0 Å². The maximum atomic E-state index is 12.8. The molecule has 1 aliphatic rings. The van der Waals surface area contributed by atoms with Crippen molar-refractivity contribution in [3.05, 3.63) is 47.5 Å². The first-order valence-electron chi connectivity index (χ1n) is 8.36. The molecule has 1 aliphatic heterocycles. The Morgan fingerprint density at radius 1 is 1.19 bits per heavy atom. The first-order valence-corrected chi connectivity index (χ1v) is 9.84. The molecular formula is C19H22N2O4S. The minimum atomic E-state index is -3.79. The molecule has 1 unspecified atom stereocenters. The van der Waals surface area contributed by atoms with Crippen LogP contribution in [0.1, 0.15) is 25.0 Å². The molecule has 0 saturated carbocycles. The molecular weight excluding hydrogens is 352 g/mol. The molecule has 6 nitrogen and oxygen atoms in total. The van der Waals surface area contributed by atoms with Gasteiger partial charge in [-0.05, 0) is 56.2 Å². The SMILES string of the molecule is CC(=O)N1CC(C)Oc2ccc(S(=O)(=O)Nc3cc(C)ccc3C)cc21. The van der Waals surface area contributed by atoms with Gasteiger partial charge in [0.25, 0.3) is 10.0 Å². The zero-order valence-electron chi connectivity index (χ0n) is 15.2. The van der Waals surface area contributed by atoms with E-state index in [4.69, 9.17) is 4.74 Å². The molecule has 3 rings (SSSR count). The van der Waals surface area contributed by atoms with Crippen molar-refractivity contribution in [2.24, 2.45) is 0 Å². The summed E-state index contributed by atoms with van der Waals surface area (Å²) in [6.45, 7) is 7.45. The molecule has 0 spiro atoms. The van der Waals surface area contributed by atoms with Crippen LogP contribution in [0.15, 0.2) is 41.3 Å². The molecule has 2 aromatic rings. The highest BCUT2D eigenvalue weighted by molar-refractivity contribution is 7.92. The molecule has 138 valence electrons. The predicted molar refractivity (Wildman–Crippen MR) is 101 cm³/mol. The highest BCUT2D eigenvalue weighted by Gasteiger charge is 2.28. The number of anilines is 2. The van der Waals surface area contributed by atoms with Gasteiger partial charge in [-0.25, -0.2) is 8.42 Å². The van der Waals surface area contributed by atoms with Gasteiger partial charge in [0, 0.05) is 6.92 Å². The van der Waals surface area contributed by atoms with Gasteiger partial charge in [-0.2, -0.15) is 0 Å². The Morgan fingerprint density at radius 2 is 1.92 bits per heavy atom. The van der Waals surface area contributed by atoms with Gasteiger partial charge in [-0.3, -0.25) is 9.52 Å². The van der Waals surface area contributed by atoms with E-state index < -0.39 is 10.0 Å². The summed E-state index contributed by atoms with van der Waals surface area (Å²) in [6, 6.07) is 10.2. The lowest BCUT2D eigenvalue weighted by Gasteiger charge is -2.33. The van der Waals surface area contributed by atoms with E-state index in [2.05, 4.69) is 4.72 Å². The molecule has 0 aromatic heterocycles. The normalized spacial score (nSPS) is 16.6. The van der Waals surface area contributed by atoms with Crippen molar-refractivity contribution in [2.45, 2.75) is 38.7 Å². The zero-order chi connectivity index (χ0) is 19.1. The standard InChI is InChI=1S/C19H22N2O4S/c1-12-5-6-13(2)17(9-12)20-26(23,24)16-7-8-19-18(10-16)21(15(4)22)11-14(3)25-19/h5-10,14,20H,11H2,1-4H3. The molecule has 0 bridgehead atoms. The first kappa shape index (κ1) is 18.3. The Labute approximate surface area is 153 Å². The third kappa shape index (κ3) is 3.53. The van der Waals surface area contributed by atoms with Crippen LogP contribution in [0.4, 0.5) is 11.4 Å². The number of amides is 1. The molecule has 0 aliphatic carbocycles. The number of carbonyl (C=O) groups excluding carboxylic acids is 1. The van der Waals surface area contributed by atoms with Crippen molar-refractivity contribution in [2.75, 3.05) is 16.2 Å². The number of ether oxygens (including phenoxy) is 1. The van der Waals surface area contributed by atoms with Crippen LogP contribution in [-0.2, 0) is 14.8 Å². The topological polar surface area (TPSA) is 75.7 Å². The van der Waals surface area contributed by atoms with Gasteiger partial charge in [0.15, 0.2) is 0 Å². The fourth-order valence-corrected chi connectivity index (χ4v) is 4.07. The fourth-order valence-electron chi connectivity index (χ4n) is 2.93. The summed E-state index contributed by atoms with van der Waals surface area (Å²) in [6.07, 6.45) is -0.151. The van der Waals surface area contributed by atoms with Crippen LogP contribution in [0.2, 0.25) is 0 Å². The second kappa shape index (κ2) is 6.64. The third-order valence-corrected chi connectivity index (χ3v) is 5.68. The minimum absolute atomic E-state index is 0.0848. The molecule has 1 atom stereocenters. The molecule has 7 heteroatoms. The average Bonchev–Trinajstić information content (AvgIpc) is 2.56. The molecule has 26 heavy (non-hydrogen) atoms. The lowest BCUT2D eigenvalue weighted by atomic mass is 10.1. The van der Waals surface area contributed by atoms with Crippen LogP contribution in [0.5, 0.6) is 5.75 Å². The van der Waals surface area contributed by atoms with E-state index in [0.717, 1.165) is 11.1 Å². The predicted octanol–water partition coefficient (Wildman–Crippen LogP) is 3.24. The Morgan fingerprint density at radius 3 is 2.62 bits per heavy atom. The molecule has 0 saturated heterocycles. The summed E-state index contributed by atoms with van der Waals surface area (Å²) in [4.78, 5) is 13.6. The second-order valence-electron chi connectivity index (χ2n) is 6.61. The lowest BCUT2D eigenvalue weighted by Crippen LogP contribution is -2.41. The van der Waals surface area contributed by atoms with E-state index in [-0.39, 0.29) is 16.9 Å². The van der Waals surface area contributed by atoms with Gasteiger partial charge in [0.2, 0.25) is 5.91 Å². The highest BCUT2D eigenvalue weighted by atomic mass is 32.2. The fraction of sp³-hybridized carbons (Fsp3) is 0.316. The van der Waals surface area contributed by atoms with E-state index in [1.54, 1.807) is 17.0 Å². The van der Waals surface area contributed by atoms with Crippen molar-refractivity contribution < 1.29 is 17.9 Å². The largest absolute Gasteiger partial charge is 0.487 e. The monoisotopic (exact) mass is 374 g/mol. The number of nitrogens with one attached hydrogen (secondary N) is 1. The van der Waals surface area contributed by atoms with E-state index in [1.807, 2.05) is 32.9 Å². The summed E-state index contributed by atoms with van der Waals surface area (Å²) >= 11 is 0.